The highest BCUT2D eigenvalue weighted by atomic mass is 16.5. The number of benzene rings is 2. The molecule has 2 aliphatic rings. The molecule has 0 saturated carbocycles. The molecule has 286 valence electrons. The molecule has 15 heteroatoms. The van der Waals surface area contributed by atoms with E-state index in [-0.39, 0.29) is 23.9 Å². The van der Waals surface area contributed by atoms with E-state index in [1.165, 1.54) is 21.3 Å². The molecule has 5 atom stereocenters. The molecule has 6 rings (SSSR count). The number of rotatable bonds is 12. The van der Waals surface area contributed by atoms with Gasteiger partial charge >= 0.3 is 12.2 Å². The van der Waals surface area contributed by atoms with Crippen LogP contribution in [0.1, 0.15) is 56.2 Å². The minimum atomic E-state index is -1.10. The average molecular weight is 742 g/mol. The van der Waals surface area contributed by atoms with Crippen molar-refractivity contribution in [1.82, 2.24) is 35.4 Å². The summed E-state index contributed by atoms with van der Waals surface area (Å²) in [4.78, 5) is 65.3. The largest absolute Gasteiger partial charge is 0.453 e. The molecule has 15 nitrogen and oxygen atoms in total. The number of carbonyl (C=O) groups excluding carboxylic acids is 4. The molecule has 4 amide bonds. The number of ether oxygens (including phenoxy) is 3. The van der Waals surface area contributed by atoms with E-state index < -0.39 is 37.0 Å². The van der Waals surface area contributed by atoms with Crippen LogP contribution in [0.5, 0.6) is 0 Å². The summed E-state index contributed by atoms with van der Waals surface area (Å²) in [6, 6.07) is 18.0. The van der Waals surface area contributed by atoms with E-state index in [0.29, 0.717) is 25.3 Å². The summed E-state index contributed by atoms with van der Waals surface area (Å²) in [6.07, 6.45) is 2.86. The van der Waals surface area contributed by atoms with E-state index in [2.05, 4.69) is 54.6 Å². The van der Waals surface area contributed by atoms with E-state index in [4.69, 9.17) is 9.47 Å². The van der Waals surface area contributed by atoms with Crippen molar-refractivity contribution < 1.29 is 38.5 Å². The smallest absolute Gasteiger partial charge is 0.407 e. The summed E-state index contributed by atoms with van der Waals surface area (Å²) >= 11 is 0. The number of carbonyl (C=O) groups is 4. The maximum absolute atomic E-state index is 13.6. The number of aliphatic hydroxyl groups excluding tert-OH is 1. The standard InChI is InChI=1S/C39H47N7O8/c1-23(52-2)34(44-39(51)54-4)37(49)45-19-5-7-32(45)29-18-17-28(41-29)26-13-9-24(10-14-26)25-11-15-27(16-12-25)30-21-40-35(42-30)33-8-6-20-46(33)36(48)31(22-47)43-38(50)53-3/h9-18,21,23,31-34,41,47H,5-8,19-20,22H2,1-4H3,(H,40,42)(H,43,50)(H,44,51)/t23?,31-,32-,33-,34-/m0/s1. The molecule has 4 aromatic rings. The van der Waals surface area contributed by atoms with Crippen LogP contribution in [0.2, 0.25) is 0 Å². The number of aromatic nitrogens is 3. The lowest BCUT2D eigenvalue weighted by molar-refractivity contribution is -0.137. The van der Waals surface area contributed by atoms with Gasteiger partial charge in [-0.3, -0.25) is 9.59 Å². The van der Waals surface area contributed by atoms with E-state index in [1.807, 2.05) is 36.4 Å². The number of hydrogen-bond acceptors (Lipinski definition) is 9. The van der Waals surface area contributed by atoms with Crippen molar-refractivity contribution in [1.29, 1.82) is 0 Å². The molecule has 2 saturated heterocycles. The van der Waals surface area contributed by atoms with Crippen molar-refractivity contribution in [2.45, 2.75) is 62.9 Å². The molecule has 2 fully saturated rings. The molecule has 2 aromatic heterocycles. The number of alkyl carbamates (subject to hydrolysis) is 2. The first-order valence-electron chi connectivity index (χ1n) is 18.0. The average Bonchev–Trinajstić information content (AvgIpc) is 4.05. The van der Waals surface area contributed by atoms with Gasteiger partial charge in [0.15, 0.2) is 0 Å². The van der Waals surface area contributed by atoms with Gasteiger partial charge in [-0.15, -0.1) is 0 Å². The summed E-state index contributed by atoms with van der Waals surface area (Å²) in [5.41, 5.74) is 6.70. The molecule has 0 bridgehead atoms. The number of aliphatic hydroxyl groups is 1. The Morgan fingerprint density at radius 1 is 0.759 bits per heavy atom. The summed E-state index contributed by atoms with van der Waals surface area (Å²) in [5, 5.41) is 14.8. The first kappa shape index (κ1) is 38.1. The van der Waals surface area contributed by atoms with E-state index >= 15 is 0 Å². The molecule has 0 radical (unpaired) electrons. The SMILES string of the molecule is COC(=O)N[C@@H](CO)C(=O)N1CCC[C@H]1c1ncc(-c2ccc(-c3ccc(-c4ccc([C@@H]5CCCN5C(=O)[C@@H](NC(=O)OC)C(C)OC)[nH]4)cc3)cc2)[nH]1. The Morgan fingerprint density at radius 2 is 1.31 bits per heavy atom. The van der Waals surface area contributed by atoms with Gasteiger partial charge in [0.2, 0.25) is 11.8 Å². The number of H-pyrrole nitrogens is 2. The lowest BCUT2D eigenvalue weighted by atomic mass is 10.0. The van der Waals surface area contributed by atoms with Crippen LogP contribution in [0.25, 0.3) is 33.6 Å². The van der Waals surface area contributed by atoms with Crippen LogP contribution >= 0.6 is 0 Å². The lowest BCUT2D eigenvalue weighted by Gasteiger charge is -2.31. The highest BCUT2D eigenvalue weighted by Crippen LogP contribution is 2.35. The van der Waals surface area contributed by atoms with Gasteiger partial charge in [0.1, 0.15) is 17.9 Å². The monoisotopic (exact) mass is 741 g/mol. The van der Waals surface area contributed by atoms with Crippen LogP contribution < -0.4 is 10.6 Å². The highest BCUT2D eigenvalue weighted by Gasteiger charge is 2.38. The van der Waals surface area contributed by atoms with Gasteiger partial charge in [0.05, 0.1) is 50.9 Å². The molecule has 2 aromatic carbocycles. The molecular formula is C39H47N7O8. The number of likely N-dealkylation sites (tertiary alicyclic amines) is 2. The van der Waals surface area contributed by atoms with Gasteiger partial charge in [-0.2, -0.15) is 0 Å². The first-order valence-corrected chi connectivity index (χ1v) is 18.0. The van der Waals surface area contributed by atoms with Gasteiger partial charge in [0, 0.05) is 31.6 Å². The maximum Gasteiger partial charge on any atom is 0.407 e. The van der Waals surface area contributed by atoms with Crippen LogP contribution in [-0.2, 0) is 23.8 Å². The van der Waals surface area contributed by atoms with Crippen molar-refractivity contribution >= 4 is 24.0 Å². The third-order valence-corrected chi connectivity index (χ3v) is 10.3. The number of methoxy groups -OCH3 is 3. The van der Waals surface area contributed by atoms with Crippen molar-refractivity contribution in [2.75, 3.05) is 41.0 Å². The highest BCUT2D eigenvalue weighted by molar-refractivity contribution is 5.87. The van der Waals surface area contributed by atoms with Crippen LogP contribution in [0.15, 0.2) is 66.9 Å². The lowest BCUT2D eigenvalue weighted by Crippen LogP contribution is -2.54. The van der Waals surface area contributed by atoms with Crippen molar-refractivity contribution in [3.05, 3.63) is 78.4 Å². The van der Waals surface area contributed by atoms with Crippen molar-refractivity contribution in [3.8, 4) is 33.6 Å². The molecule has 0 aliphatic carbocycles. The van der Waals surface area contributed by atoms with E-state index in [0.717, 1.165) is 58.6 Å². The quantitative estimate of drug-likeness (QED) is 0.139. The van der Waals surface area contributed by atoms with Gasteiger partial charge < -0.3 is 49.7 Å². The Kier molecular flexibility index (Phi) is 12.0. The maximum atomic E-state index is 13.6. The van der Waals surface area contributed by atoms with Crippen LogP contribution in [0, 0.1) is 0 Å². The van der Waals surface area contributed by atoms with Crippen LogP contribution in [0.3, 0.4) is 0 Å². The van der Waals surface area contributed by atoms with E-state index in [9.17, 15) is 24.3 Å². The second-order valence-electron chi connectivity index (χ2n) is 13.5. The first-order chi connectivity index (χ1) is 26.1. The summed E-state index contributed by atoms with van der Waals surface area (Å²) in [6.45, 7) is 2.27. The number of aromatic amines is 2. The normalized spacial score (nSPS) is 18.5. The number of amides is 4. The van der Waals surface area contributed by atoms with Gasteiger partial charge in [-0.25, -0.2) is 14.6 Å². The van der Waals surface area contributed by atoms with Crippen LogP contribution in [0.4, 0.5) is 9.59 Å². The molecule has 1 unspecified atom stereocenters. The fraction of sp³-hybridized carbons (Fsp3) is 0.410. The van der Waals surface area contributed by atoms with Gasteiger partial charge in [0.25, 0.3) is 0 Å². The number of nitrogens with one attached hydrogen (secondary N) is 4. The summed E-state index contributed by atoms with van der Waals surface area (Å²) < 4.78 is 14.7. The molecule has 5 N–H and O–H groups in total. The third-order valence-electron chi connectivity index (χ3n) is 10.3. The molecule has 0 spiro atoms. The topological polar surface area (TPSA) is 191 Å². The van der Waals surface area contributed by atoms with Crippen molar-refractivity contribution in [2.24, 2.45) is 0 Å². The zero-order chi connectivity index (χ0) is 38.4. The summed E-state index contributed by atoms with van der Waals surface area (Å²) in [5.74, 6) is 0.0400. The Labute approximate surface area is 313 Å². The minimum absolute atomic E-state index is 0.158. The Hall–Kier alpha value is -5.67. The molecule has 54 heavy (non-hydrogen) atoms. The van der Waals surface area contributed by atoms with Gasteiger partial charge in [-0.05, 0) is 67.0 Å². The van der Waals surface area contributed by atoms with E-state index in [1.54, 1.807) is 22.9 Å². The Balaban J connectivity index is 1.10. The molecule has 4 heterocycles. The minimum Gasteiger partial charge on any atom is -0.453 e. The second kappa shape index (κ2) is 17.0. The number of hydrogen-bond donors (Lipinski definition) is 5. The number of nitrogens with zero attached hydrogens (tertiary/aromatic N) is 3. The fourth-order valence-corrected chi connectivity index (χ4v) is 7.25. The second-order valence-corrected chi connectivity index (χ2v) is 13.5. The van der Waals surface area contributed by atoms with Crippen LogP contribution in [-0.4, -0.2) is 113 Å². The number of imidazole rings is 1. The van der Waals surface area contributed by atoms with Gasteiger partial charge in [-0.1, -0.05) is 48.5 Å². The third kappa shape index (κ3) is 8.11. The molecular weight excluding hydrogens is 694 g/mol. The van der Waals surface area contributed by atoms with Crippen molar-refractivity contribution in [3.63, 3.8) is 0 Å². The zero-order valence-corrected chi connectivity index (χ0v) is 30.8. The predicted molar refractivity (Wildman–Crippen MR) is 199 cm³/mol. The Bertz CT molecular complexity index is 1920. The predicted octanol–water partition coefficient (Wildman–Crippen LogP) is 4.54. The summed E-state index contributed by atoms with van der Waals surface area (Å²) in [7, 11) is 3.97. The zero-order valence-electron chi connectivity index (χ0n) is 30.8. The fourth-order valence-electron chi connectivity index (χ4n) is 7.25. The Morgan fingerprint density at radius 3 is 1.91 bits per heavy atom. The molecule has 2 aliphatic heterocycles.